The molecular formula is C25H23NO4. The normalized spacial score (nSPS) is 11.8. The van der Waals surface area contributed by atoms with Gasteiger partial charge in [0.05, 0.1) is 32.9 Å². The lowest BCUT2D eigenvalue weighted by Crippen LogP contribution is -2.30. The number of ether oxygens (including phenoxy) is 2. The average Bonchev–Trinajstić information content (AvgIpc) is 3.20. The highest BCUT2D eigenvalue weighted by Gasteiger charge is 2.18. The Morgan fingerprint density at radius 2 is 1.57 bits per heavy atom. The molecule has 30 heavy (non-hydrogen) atoms. The van der Waals surface area contributed by atoms with Crippen LogP contribution in [0.4, 0.5) is 0 Å². The molecule has 0 radical (unpaired) electrons. The first-order chi connectivity index (χ1) is 14.7. The lowest BCUT2D eigenvalue weighted by Gasteiger charge is -2.20. The Kier molecular flexibility index (Phi) is 5.70. The van der Waals surface area contributed by atoms with E-state index < -0.39 is 0 Å². The van der Waals surface area contributed by atoms with Crippen molar-refractivity contribution in [3.8, 4) is 11.5 Å². The third-order valence-corrected chi connectivity index (χ3v) is 5.10. The summed E-state index contributed by atoms with van der Waals surface area (Å²) >= 11 is 0. The number of furan rings is 1. The van der Waals surface area contributed by atoms with Crippen LogP contribution in [-0.2, 0) is 11.2 Å². The Bertz CT molecular complexity index is 1130. The number of fused-ring (bicyclic) bond motifs is 1. The smallest absolute Gasteiger partial charge is 0.225 e. The van der Waals surface area contributed by atoms with Crippen molar-refractivity contribution >= 4 is 16.9 Å². The summed E-state index contributed by atoms with van der Waals surface area (Å²) in [5.41, 5.74) is 3.54. The lowest BCUT2D eigenvalue weighted by atomic mass is 9.98. The number of benzene rings is 3. The van der Waals surface area contributed by atoms with Crippen LogP contribution in [0.2, 0.25) is 0 Å². The van der Waals surface area contributed by atoms with E-state index in [9.17, 15) is 4.79 Å². The van der Waals surface area contributed by atoms with Gasteiger partial charge in [0.2, 0.25) is 5.91 Å². The highest BCUT2D eigenvalue weighted by atomic mass is 16.5. The van der Waals surface area contributed by atoms with E-state index in [0.29, 0.717) is 5.58 Å². The molecule has 3 aromatic carbocycles. The first-order valence-electron chi connectivity index (χ1n) is 9.70. The predicted molar refractivity (Wildman–Crippen MR) is 116 cm³/mol. The minimum Gasteiger partial charge on any atom is -0.497 e. The van der Waals surface area contributed by atoms with E-state index in [4.69, 9.17) is 13.9 Å². The molecule has 1 heterocycles. The highest BCUT2D eigenvalue weighted by Crippen LogP contribution is 2.27. The van der Waals surface area contributed by atoms with Gasteiger partial charge in [0.25, 0.3) is 0 Å². The third kappa shape index (κ3) is 4.15. The van der Waals surface area contributed by atoms with Gasteiger partial charge in [0.1, 0.15) is 17.1 Å². The van der Waals surface area contributed by atoms with Crippen molar-refractivity contribution < 1.29 is 18.7 Å². The van der Waals surface area contributed by atoms with Crippen LogP contribution in [0.1, 0.15) is 22.7 Å². The molecule has 1 aromatic heterocycles. The molecule has 0 aliphatic carbocycles. The van der Waals surface area contributed by atoms with Crippen LogP contribution in [0, 0.1) is 0 Å². The van der Waals surface area contributed by atoms with Gasteiger partial charge in [-0.3, -0.25) is 4.79 Å². The molecule has 5 heteroatoms. The van der Waals surface area contributed by atoms with Gasteiger partial charge >= 0.3 is 0 Å². The lowest BCUT2D eigenvalue weighted by molar-refractivity contribution is -0.120. The highest BCUT2D eigenvalue weighted by molar-refractivity contribution is 5.88. The molecule has 152 valence electrons. The summed E-state index contributed by atoms with van der Waals surface area (Å²) in [4.78, 5) is 13.0. The van der Waals surface area contributed by atoms with Crippen LogP contribution in [0.25, 0.3) is 11.0 Å². The van der Waals surface area contributed by atoms with Crippen LogP contribution in [0.5, 0.6) is 11.5 Å². The van der Waals surface area contributed by atoms with Gasteiger partial charge in [-0.05, 0) is 35.4 Å². The molecule has 0 aliphatic rings. The molecule has 1 amide bonds. The van der Waals surface area contributed by atoms with Crippen LogP contribution in [0.15, 0.2) is 83.5 Å². The summed E-state index contributed by atoms with van der Waals surface area (Å²) in [6, 6.07) is 23.0. The van der Waals surface area contributed by atoms with E-state index in [1.807, 2.05) is 72.8 Å². The molecule has 4 rings (SSSR count). The second-order valence-corrected chi connectivity index (χ2v) is 6.98. The Hall–Kier alpha value is -3.73. The van der Waals surface area contributed by atoms with Gasteiger partial charge in [-0.1, -0.05) is 42.5 Å². The van der Waals surface area contributed by atoms with Crippen molar-refractivity contribution in [3.63, 3.8) is 0 Å². The van der Waals surface area contributed by atoms with E-state index in [1.165, 1.54) is 0 Å². The van der Waals surface area contributed by atoms with Gasteiger partial charge in [-0.2, -0.15) is 0 Å². The molecule has 0 aliphatic heterocycles. The zero-order chi connectivity index (χ0) is 20.9. The summed E-state index contributed by atoms with van der Waals surface area (Å²) in [6.07, 6.45) is 1.85. The van der Waals surface area contributed by atoms with E-state index in [1.54, 1.807) is 20.5 Å². The molecule has 0 saturated heterocycles. The third-order valence-electron chi connectivity index (χ3n) is 5.10. The first-order valence-corrected chi connectivity index (χ1v) is 9.70. The summed E-state index contributed by atoms with van der Waals surface area (Å²) in [5, 5.41) is 4.08. The number of amides is 1. The Morgan fingerprint density at radius 1 is 0.900 bits per heavy atom. The number of methoxy groups -OCH3 is 2. The quantitative estimate of drug-likeness (QED) is 0.479. The minimum absolute atomic E-state index is 0.0850. The van der Waals surface area contributed by atoms with Crippen molar-refractivity contribution in [1.82, 2.24) is 5.32 Å². The SMILES string of the molecule is COc1ccc([C@@H](NC(=O)Cc2coc3cc(OC)ccc23)c2ccccc2)cc1. The molecule has 1 N–H and O–H groups in total. The second kappa shape index (κ2) is 8.74. The standard InChI is InChI=1S/C25H23NO4/c1-28-20-10-8-18(9-11-20)25(17-6-4-3-5-7-17)26-24(27)14-19-16-30-23-15-21(29-2)12-13-22(19)23/h3-13,15-16,25H,14H2,1-2H3,(H,26,27)/t25-/m0/s1. The molecule has 0 saturated carbocycles. The zero-order valence-corrected chi connectivity index (χ0v) is 16.9. The van der Waals surface area contributed by atoms with E-state index in [2.05, 4.69) is 5.32 Å². The number of carbonyl (C=O) groups excluding carboxylic acids is 1. The molecule has 4 aromatic rings. The van der Waals surface area contributed by atoms with Gasteiger partial charge in [0, 0.05) is 17.0 Å². The van der Waals surface area contributed by atoms with Gasteiger partial charge < -0.3 is 19.2 Å². The van der Waals surface area contributed by atoms with Crippen molar-refractivity contribution in [2.75, 3.05) is 14.2 Å². The Morgan fingerprint density at radius 3 is 2.27 bits per heavy atom. The fourth-order valence-corrected chi connectivity index (χ4v) is 3.51. The monoisotopic (exact) mass is 401 g/mol. The van der Waals surface area contributed by atoms with Crippen LogP contribution >= 0.6 is 0 Å². The number of nitrogens with one attached hydrogen (secondary N) is 1. The number of carbonyl (C=O) groups is 1. The van der Waals surface area contributed by atoms with Crippen LogP contribution in [0.3, 0.4) is 0 Å². The average molecular weight is 401 g/mol. The largest absolute Gasteiger partial charge is 0.497 e. The summed E-state index contributed by atoms with van der Waals surface area (Å²) in [7, 11) is 3.25. The number of hydrogen-bond donors (Lipinski definition) is 1. The summed E-state index contributed by atoms with van der Waals surface area (Å²) < 4.78 is 16.1. The molecule has 0 bridgehead atoms. The van der Waals surface area contributed by atoms with E-state index in [0.717, 1.165) is 33.6 Å². The van der Waals surface area contributed by atoms with Crippen molar-refractivity contribution in [1.29, 1.82) is 0 Å². The molecule has 0 fully saturated rings. The van der Waals surface area contributed by atoms with E-state index >= 15 is 0 Å². The molecule has 1 atom stereocenters. The molecule has 0 unspecified atom stereocenters. The number of hydrogen-bond acceptors (Lipinski definition) is 4. The van der Waals surface area contributed by atoms with E-state index in [-0.39, 0.29) is 18.4 Å². The first kappa shape index (κ1) is 19.6. The Balaban J connectivity index is 1.57. The van der Waals surface area contributed by atoms with Crippen molar-refractivity contribution in [2.24, 2.45) is 0 Å². The van der Waals surface area contributed by atoms with Gasteiger partial charge in [0.15, 0.2) is 0 Å². The Labute approximate surface area is 175 Å². The van der Waals surface area contributed by atoms with Crippen molar-refractivity contribution in [3.05, 3.63) is 95.7 Å². The van der Waals surface area contributed by atoms with Crippen molar-refractivity contribution in [2.45, 2.75) is 12.5 Å². The van der Waals surface area contributed by atoms with Gasteiger partial charge in [-0.25, -0.2) is 0 Å². The van der Waals surface area contributed by atoms with Crippen LogP contribution in [-0.4, -0.2) is 20.1 Å². The van der Waals surface area contributed by atoms with Gasteiger partial charge in [-0.15, -0.1) is 0 Å². The predicted octanol–water partition coefficient (Wildman–Crippen LogP) is 4.90. The maximum atomic E-state index is 13.0. The summed E-state index contributed by atoms with van der Waals surface area (Å²) in [6.45, 7) is 0. The fourth-order valence-electron chi connectivity index (χ4n) is 3.51. The zero-order valence-electron chi connectivity index (χ0n) is 16.9. The minimum atomic E-state index is -0.261. The van der Waals surface area contributed by atoms with Crippen LogP contribution < -0.4 is 14.8 Å². The fraction of sp³-hybridized carbons (Fsp3) is 0.160. The topological polar surface area (TPSA) is 60.7 Å². The summed E-state index contributed by atoms with van der Waals surface area (Å²) in [5.74, 6) is 1.41. The maximum absolute atomic E-state index is 13.0. The molecule has 0 spiro atoms. The number of rotatable bonds is 7. The second-order valence-electron chi connectivity index (χ2n) is 6.98. The maximum Gasteiger partial charge on any atom is 0.225 e. The molecular weight excluding hydrogens is 378 g/mol. The molecule has 5 nitrogen and oxygen atoms in total.